The zero-order chi connectivity index (χ0) is 21.1. The first-order chi connectivity index (χ1) is 14.6. The van der Waals surface area contributed by atoms with Crippen LogP contribution in [0.25, 0.3) is 0 Å². The lowest BCUT2D eigenvalue weighted by Gasteiger charge is -2.27. The van der Waals surface area contributed by atoms with Crippen molar-refractivity contribution in [2.24, 2.45) is 5.92 Å². The van der Waals surface area contributed by atoms with Crippen LogP contribution in [0.3, 0.4) is 0 Å². The van der Waals surface area contributed by atoms with E-state index in [0.29, 0.717) is 30.1 Å². The second kappa shape index (κ2) is 8.62. The molecule has 1 saturated heterocycles. The van der Waals surface area contributed by atoms with Crippen LogP contribution in [0.15, 0.2) is 60.5 Å². The number of nitrogens with zero attached hydrogens (tertiary/aromatic N) is 3. The van der Waals surface area contributed by atoms with Crippen molar-refractivity contribution in [3.63, 3.8) is 0 Å². The first kappa shape index (κ1) is 20.0. The highest BCUT2D eigenvalue weighted by molar-refractivity contribution is 7.12. The summed E-state index contributed by atoms with van der Waals surface area (Å²) in [5, 5.41) is 1.79. The molecule has 0 N–H and O–H groups in total. The Hall–Kier alpha value is -3.26. The Labute approximate surface area is 177 Å². The van der Waals surface area contributed by atoms with Crippen LogP contribution in [0.4, 0.5) is 0 Å². The fraction of sp³-hybridized carbons (Fsp3) is 0.273. The molecule has 1 fully saturated rings. The lowest BCUT2D eigenvalue weighted by atomic mass is 9.88. The molecular weight excluding hydrogens is 402 g/mol. The van der Waals surface area contributed by atoms with E-state index in [-0.39, 0.29) is 5.78 Å². The highest BCUT2D eigenvalue weighted by Crippen LogP contribution is 2.39. The Morgan fingerprint density at radius 1 is 1.17 bits per heavy atom. The lowest BCUT2D eigenvalue weighted by Crippen LogP contribution is -2.32. The van der Waals surface area contributed by atoms with Crippen LogP contribution in [0.1, 0.15) is 27.7 Å². The van der Waals surface area contributed by atoms with E-state index in [4.69, 9.17) is 4.74 Å². The third kappa shape index (κ3) is 3.78. The van der Waals surface area contributed by atoms with Gasteiger partial charge in [0.05, 0.1) is 24.4 Å². The molecule has 0 spiro atoms. The highest BCUT2D eigenvalue weighted by atomic mass is 32.1. The number of carbonyl (C=O) groups excluding carboxylic acids is 3. The van der Waals surface area contributed by atoms with E-state index in [9.17, 15) is 14.4 Å². The highest BCUT2D eigenvalue weighted by Gasteiger charge is 2.51. The van der Waals surface area contributed by atoms with E-state index in [1.165, 1.54) is 16.2 Å². The maximum atomic E-state index is 13.2. The van der Waals surface area contributed by atoms with Crippen molar-refractivity contribution in [1.82, 2.24) is 14.5 Å². The van der Waals surface area contributed by atoms with Gasteiger partial charge in [-0.2, -0.15) is 0 Å². The fourth-order valence-electron chi connectivity index (χ4n) is 3.82. The number of amides is 1. The molecular formula is C22H21N3O4S. The third-order valence-corrected chi connectivity index (χ3v) is 6.17. The molecule has 1 aromatic carbocycles. The second-order valence-corrected chi connectivity index (χ2v) is 8.00. The summed E-state index contributed by atoms with van der Waals surface area (Å²) in [5.41, 5.74) is 0.743. The second-order valence-electron chi connectivity index (χ2n) is 7.05. The number of methoxy groups -OCH3 is 1. The number of benzene rings is 1. The van der Waals surface area contributed by atoms with Gasteiger partial charge >= 0.3 is 0 Å². The van der Waals surface area contributed by atoms with Crippen molar-refractivity contribution in [2.45, 2.75) is 19.0 Å². The van der Waals surface area contributed by atoms with Crippen LogP contribution in [0, 0.1) is 5.92 Å². The molecule has 30 heavy (non-hydrogen) atoms. The number of ether oxygens (including phenoxy) is 1. The maximum absolute atomic E-state index is 13.2. The van der Waals surface area contributed by atoms with Crippen LogP contribution >= 0.6 is 11.3 Å². The Morgan fingerprint density at radius 2 is 1.97 bits per heavy atom. The van der Waals surface area contributed by atoms with E-state index < -0.39 is 23.7 Å². The number of hydrogen-bond acceptors (Lipinski definition) is 6. The summed E-state index contributed by atoms with van der Waals surface area (Å²) in [6.07, 6.45) is 5.89. The summed E-state index contributed by atoms with van der Waals surface area (Å²) >= 11 is 1.28. The van der Waals surface area contributed by atoms with E-state index >= 15 is 0 Å². The number of likely N-dealkylation sites (tertiary alicyclic amines) is 1. The van der Waals surface area contributed by atoms with Gasteiger partial charge in [-0.3, -0.25) is 14.4 Å². The standard InChI is InChI=1S/C22H21N3O4S/c1-29-16-7-5-15(6-8-16)19-18(20(26)17-4-2-13-30-17)21(27)22(28)25(19)11-3-10-24-12-9-23-14-24/h2,4-9,12-14,18-19H,3,10-11H2,1H3. The molecule has 1 amide bonds. The van der Waals surface area contributed by atoms with Crippen LogP contribution in [0.5, 0.6) is 5.75 Å². The van der Waals surface area contributed by atoms with Gasteiger partial charge < -0.3 is 14.2 Å². The molecule has 0 saturated carbocycles. The number of ketones is 2. The summed E-state index contributed by atoms with van der Waals surface area (Å²) in [7, 11) is 1.57. The summed E-state index contributed by atoms with van der Waals surface area (Å²) in [5.74, 6) is -1.92. The van der Waals surface area contributed by atoms with Gasteiger partial charge in [-0.25, -0.2) is 4.98 Å². The van der Waals surface area contributed by atoms with Crippen molar-refractivity contribution < 1.29 is 19.1 Å². The topological polar surface area (TPSA) is 81.5 Å². The summed E-state index contributed by atoms with van der Waals surface area (Å²) in [4.78, 5) is 45.0. The van der Waals surface area contributed by atoms with Gasteiger partial charge in [0.25, 0.3) is 5.91 Å². The number of imidazole rings is 1. The molecule has 2 unspecified atom stereocenters. The zero-order valence-corrected chi connectivity index (χ0v) is 17.2. The number of hydrogen-bond donors (Lipinski definition) is 0. The SMILES string of the molecule is COc1ccc(C2C(C(=O)c3cccs3)C(=O)C(=O)N2CCCn2ccnc2)cc1. The Morgan fingerprint density at radius 3 is 2.60 bits per heavy atom. The summed E-state index contributed by atoms with van der Waals surface area (Å²) in [6, 6.07) is 10.0. The van der Waals surface area contributed by atoms with Gasteiger partial charge in [0.2, 0.25) is 5.78 Å². The zero-order valence-electron chi connectivity index (χ0n) is 16.4. The molecule has 1 aliphatic rings. The Bertz CT molecular complexity index is 1030. The lowest BCUT2D eigenvalue weighted by molar-refractivity contribution is -0.140. The van der Waals surface area contributed by atoms with Gasteiger partial charge in [-0.1, -0.05) is 18.2 Å². The summed E-state index contributed by atoms with van der Waals surface area (Å²) < 4.78 is 7.13. The van der Waals surface area contributed by atoms with E-state index in [0.717, 1.165) is 5.56 Å². The minimum atomic E-state index is -1.04. The quantitative estimate of drug-likeness (QED) is 0.316. The van der Waals surface area contributed by atoms with Crippen molar-refractivity contribution in [2.75, 3.05) is 13.7 Å². The fourth-order valence-corrected chi connectivity index (χ4v) is 4.52. The number of carbonyl (C=O) groups is 3. The smallest absolute Gasteiger partial charge is 0.291 e. The molecule has 3 heterocycles. The van der Waals surface area contributed by atoms with Crippen LogP contribution in [-0.2, 0) is 16.1 Å². The predicted molar refractivity (Wildman–Crippen MR) is 111 cm³/mol. The third-order valence-electron chi connectivity index (χ3n) is 5.28. The molecule has 1 aliphatic heterocycles. The minimum Gasteiger partial charge on any atom is -0.497 e. The average Bonchev–Trinajstić information content (AvgIpc) is 3.52. The molecule has 0 bridgehead atoms. The number of rotatable bonds is 8. The first-order valence-corrected chi connectivity index (χ1v) is 10.5. The van der Waals surface area contributed by atoms with Crippen LogP contribution in [-0.4, -0.2) is 45.6 Å². The molecule has 8 heteroatoms. The summed E-state index contributed by atoms with van der Waals surface area (Å²) in [6.45, 7) is 1.03. The first-order valence-electron chi connectivity index (χ1n) is 9.62. The van der Waals surface area contributed by atoms with Crippen molar-refractivity contribution >= 4 is 28.8 Å². The molecule has 3 aromatic rings. The van der Waals surface area contributed by atoms with Crippen LogP contribution in [0.2, 0.25) is 0 Å². The monoisotopic (exact) mass is 423 g/mol. The van der Waals surface area contributed by atoms with Crippen LogP contribution < -0.4 is 4.74 Å². The van der Waals surface area contributed by atoms with Gasteiger partial charge in [0.1, 0.15) is 11.7 Å². The van der Waals surface area contributed by atoms with Crippen molar-refractivity contribution in [1.29, 1.82) is 0 Å². The van der Waals surface area contributed by atoms with E-state index in [2.05, 4.69) is 4.98 Å². The van der Waals surface area contributed by atoms with Gasteiger partial charge in [0.15, 0.2) is 5.78 Å². The molecule has 4 rings (SSSR count). The van der Waals surface area contributed by atoms with Crippen molar-refractivity contribution in [3.8, 4) is 5.75 Å². The van der Waals surface area contributed by atoms with E-state index in [1.807, 2.05) is 22.9 Å². The largest absolute Gasteiger partial charge is 0.497 e. The van der Waals surface area contributed by atoms with Crippen molar-refractivity contribution in [3.05, 3.63) is 70.9 Å². The maximum Gasteiger partial charge on any atom is 0.291 e. The number of thiophene rings is 1. The molecule has 0 aliphatic carbocycles. The molecule has 154 valence electrons. The molecule has 2 atom stereocenters. The minimum absolute atomic E-state index is 0.304. The van der Waals surface area contributed by atoms with Gasteiger partial charge in [0, 0.05) is 25.5 Å². The molecule has 2 aromatic heterocycles. The van der Waals surface area contributed by atoms with E-state index in [1.54, 1.807) is 49.3 Å². The number of aryl methyl sites for hydroxylation is 1. The average molecular weight is 423 g/mol. The molecule has 7 nitrogen and oxygen atoms in total. The van der Waals surface area contributed by atoms with Gasteiger partial charge in [-0.15, -0.1) is 11.3 Å². The Kier molecular flexibility index (Phi) is 5.76. The normalized spacial score (nSPS) is 18.8. The van der Waals surface area contributed by atoms with Gasteiger partial charge in [-0.05, 0) is 35.6 Å². The number of Topliss-reactive ketones (excluding diaryl/α,β-unsaturated/α-hetero) is 2. The predicted octanol–water partition coefficient (Wildman–Crippen LogP) is 3.00. The molecule has 0 radical (unpaired) electrons. The number of aromatic nitrogens is 2. The Balaban J connectivity index is 1.64.